The van der Waals surface area contributed by atoms with Gasteiger partial charge < -0.3 is 15.2 Å². The molecule has 2 amide bonds. The van der Waals surface area contributed by atoms with E-state index < -0.39 is 11.7 Å². The van der Waals surface area contributed by atoms with E-state index in [1.165, 1.54) is 11.9 Å². The number of anilines is 1. The number of H-pyrrole nitrogens is 1. The lowest BCUT2D eigenvalue weighted by Gasteiger charge is -2.23. The summed E-state index contributed by atoms with van der Waals surface area (Å²) in [7, 11) is 1.45. The minimum atomic E-state index is -1.17. The number of hydrogen-bond donors (Lipinski definition) is 3. The zero-order chi connectivity index (χ0) is 16.8. The average Bonchev–Trinajstić information content (AvgIpc) is 2.55. The Morgan fingerprint density at radius 1 is 1.39 bits per heavy atom. The molecule has 0 aromatic carbocycles. The van der Waals surface area contributed by atoms with Crippen LogP contribution >= 0.6 is 0 Å². The van der Waals surface area contributed by atoms with E-state index in [-0.39, 0.29) is 17.7 Å². The second kappa shape index (κ2) is 7.68. The molecule has 23 heavy (non-hydrogen) atoms. The summed E-state index contributed by atoms with van der Waals surface area (Å²) in [5.74, 6) is -2.02. The molecule has 0 spiro atoms. The number of hydrogen-bond acceptors (Lipinski definition) is 5. The van der Waals surface area contributed by atoms with Gasteiger partial charge in [0.05, 0.1) is 0 Å². The Morgan fingerprint density at radius 2 is 2.09 bits per heavy atom. The lowest BCUT2D eigenvalue weighted by Crippen LogP contribution is -2.29. The summed E-state index contributed by atoms with van der Waals surface area (Å²) in [6, 6.07) is 3.40. The van der Waals surface area contributed by atoms with Gasteiger partial charge in [-0.3, -0.25) is 19.7 Å². The molecule has 2 heterocycles. The van der Waals surface area contributed by atoms with Crippen LogP contribution in [0.25, 0.3) is 0 Å². The molecule has 7 nitrogen and oxygen atoms in total. The van der Waals surface area contributed by atoms with E-state index in [1.807, 2.05) is 0 Å². The highest BCUT2D eigenvalue weighted by Crippen LogP contribution is 2.23. The number of rotatable bonds is 5. The van der Waals surface area contributed by atoms with E-state index in [4.69, 9.17) is 0 Å². The zero-order valence-corrected chi connectivity index (χ0v) is 12.8. The van der Waals surface area contributed by atoms with E-state index in [2.05, 4.69) is 10.3 Å². The third-order valence-electron chi connectivity index (χ3n) is 3.78. The number of aromatic nitrogens is 1. The van der Waals surface area contributed by atoms with Crippen LogP contribution < -0.4 is 21.1 Å². The number of nitrogens with one attached hydrogen (secondary N) is 3. The first-order chi connectivity index (χ1) is 11.0. The summed E-state index contributed by atoms with van der Waals surface area (Å²) in [5, 5.41) is 4.95. The number of carbonyl (C=O) groups excluding carboxylic acids is 2. The molecule has 0 unspecified atom stereocenters. The highest BCUT2D eigenvalue weighted by atomic mass is 19.1. The molecule has 1 aromatic heterocycles. The number of amides is 2. The van der Waals surface area contributed by atoms with Crippen molar-refractivity contribution in [2.24, 2.45) is 0 Å². The minimum Gasteiger partial charge on any atom is -0.344 e. The molecular weight excluding hydrogens is 303 g/mol. The van der Waals surface area contributed by atoms with Crippen molar-refractivity contribution >= 4 is 18.0 Å². The van der Waals surface area contributed by atoms with Crippen LogP contribution in [0.15, 0.2) is 29.0 Å². The van der Waals surface area contributed by atoms with Crippen LogP contribution in [0.2, 0.25) is 0 Å². The first-order valence-corrected chi connectivity index (χ1v) is 7.31. The summed E-state index contributed by atoms with van der Waals surface area (Å²) in [4.78, 5) is 37.5. The largest absolute Gasteiger partial charge is 0.344 e. The van der Waals surface area contributed by atoms with Crippen molar-refractivity contribution in [3.8, 4) is 0 Å². The molecule has 0 radical (unpaired) electrons. The predicted molar refractivity (Wildman–Crippen MR) is 83.7 cm³/mol. The van der Waals surface area contributed by atoms with Crippen LogP contribution in [-0.4, -0.2) is 37.4 Å². The predicted octanol–water partition coefficient (Wildman–Crippen LogP) is 0.362. The smallest absolute Gasteiger partial charge is 0.287 e. The maximum absolute atomic E-state index is 13.6. The highest BCUT2D eigenvalue weighted by molar-refractivity contribution is 5.97. The molecule has 3 N–H and O–H groups in total. The molecule has 1 aromatic rings. The summed E-state index contributed by atoms with van der Waals surface area (Å²) >= 11 is 0. The molecule has 1 fully saturated rings. The van der Waals surface area contributed by atoms with E-state index in [1.54, 1.807) is 17.4 Å². The van der Waals surface area contributed by atoms with Crippen LogP contribution in [0.4, 0.5) is 10.1 Å². The van der Waals surface area contributed by atoms with E-state index in [0.29, 0.717) is 5.92 Å². The normalized spacial score (nSPS) is 16.0. The summed E-state index contributed by atoms with van der Waals surface area (Å²) in [6.45, 7) is 1.82. The molecule has 1 saturated heterocycles. The second-order valence-corrected chi connectivity index (χ2v) is 5.33. The Kier molecular flexibility index (Phi) is 5.64. The standard InChI is InChI=1S/C15H19FN4O3/c1-20(8-11(16)14(22)18-9-21)13-3-2-12(19-15(13)23)10-4-6-17-7-5-10/h2-3,8-10,17H,4-7H2,1H3,(H,19,23)(H,18,21,22)/b11-8+. The Morgan fingerprint density at radius 3 is 2.70 bits per heavy atom. The van der Waals surface area contributed by atoms with E-state index in [0.717, 1.165) is 37.8 Å². The molecule has 8 heteroatoms. The molecule has 124 valence electrons. The Hall–Kier alpha value is -2.48. The van der Waals surface area contributed by atoms with E-state index >= 15 is 0 Å². The van der Waals surface area contributed by atoms with Crippen molar-refractivity contribution in [2.45, 2.75) is 18.8 Å². The fourth-order valence-electron chi connectivity index (χ4n) is 2.55. The molecule has 2 rings (SSSR count). The van der Waals surface area contributed by atoms with Crippen molar-refractivity contribution in [1.82, 2.24) is 15.6 Å². The zero-order valence-electron chi connectivity index (χ0n) is 12.8. The monoisotopic (exact) mass is 322 g/mol. The average molecular weight is 322 g/mol. The third kappa shape index (κ3) is 4.26. The van der Waals surface area contributed by atoms with Gasteiger partial charge in [0.25, 0.3) is 11.5 Å². The fraction of sp³-hybridized carbons (Fsp3) is 0.400. The lowest BCUT2D eigenvalue weighted by atomic mass is 9.94. The molecule has 1 aliphatic heterocycles. The number of pyridine rings is 1. The SMILES string of the molecule is CN(/C=C(/F)C(=O)NC=O)c1ccc(C2CCNCC2)[nH]c1=O. The van der Waals surface area contributed by atoms with Gasteiger partial charge in [-0.2, -0.15) is 4.39 Å². The van der Waals surface area contributed by atoms with Gasteiger partial charge in [-0.05, 0) is 38.1 Å². The van der Waals surface area contributed by atoms with Gasteiger partial charge >= 0.3 is 0 Å². The molecular formula is C15H19FN4O3. The van der Waals surface area contributed by atoms with Crippen LogP contribution in [0.1, 0.15) is 24.5 Å². The number of imide groups is 1. The number of aromatic amines is 1. The molecule has 0 bridgehead atoms. The maximum atomic E-state index is 13.6. The fourth-order valence-corrected chi connectivity index (χ4v) is 2.55. The highest BCUT2D eigenvalue weighted by Gasteiger charge is 2.17. The van der Waals surface area contributed by atoms with Crippen molar-refractivity contribution in [1.29, 1.82) is 0 Å². The summed E-state index contributed by atoms with van der Waals surface area (Å²) < 4.78 is 13.6. The van der Waals surface area contributed by atoms with Crippen LogP contribution in [-0.2, 0) is 9.59 Å². The van der Waals surface area contributed by atoms with Gasteiger partial charge in [0.2, 0.25) is 12.2 Å². The van der Waals surface area contributed by atoms with E-state index in [9.17, 15) is 18.8 Å². The molecule has 0 saturated carbocycles. The van der Waals surface area contributed by atoms with Crippen molar-refractivity contribution in [2.75, 3.05) is 25.0 Å². The maximum Gasteiger partial charge on any atom is 0.287 e. The first-order valence-electron chi connectivity index (χ1n) is 7.31. The van der Waals surface area contributed by atoms with Crippen molar-refractivity contribution in [3.05, 3.63) is 40.2 Å². The molecule has 1 aliphatic rings. The number of piperidine rings is 1. The quantitative estimate of drug-likeness (QED) is 0.537. The summed E-state index contributed by atoms with van der Waals surface area (Å²) in [5.41, 5.74) is 0.705. The number of carbonyl (C=O) groups is 2. The number of halogens is 1. The lowest BCUT2D eigenvalue weighted by molar-refractivity contribution is -0.123. The van der Waals surface area contributed by atoms with Gasteiger partial charge in [-0.1, -0.05) is 0 Å². The third-order valence-corrected chi connectivity index (χ3v) is 3.78. The topological polar surface area (TPSA) is 94.3 Å². The van der Waals surface area contributed by atoms with Gasteiger partial charge in [0, 0.05) is 24.9 Å². The summed E-state index contributed by atoms with van der Waals surface area (Å²) in [6.07, 6.45) is 2.85. The van der Waals surface area contributed by atoms with Gasteiger partial charge in [-0.15, -0.1) is 0 Å². The van der Waals surface area contributed by atoms with Crippen LogP contribution in [0, 0.1) is 0 Å². The Bertz CT molecular complexity index is 665. The van der Waals surface area contributed by atoms with Crippen LogP contribution in [0.5, 0.6) is 0 Å². The first kappa shape index (κ1) is 16.9. The Labute approximate surface area is 132 Å². The van der Waals surface area contributed by atoms with Gasteiger partial charge in [0.1, 0.15) is 5.69 Å². The van der Waals surface area contributed by atoms with Gasteiger partial charge in [-0.25, -0.2) is 0 Å². The molecule has 0 aliphatic carbocycles. The van der Waals surface area contributed by atoms with Crippen LogP contribution in [0.3, 0.4) is 0 Å². The van der Waals surface area contributed by atoms with Gasteiger partial charge in [0.15, 0.2) is 0 Å². The van der Waals surface area contributed by atoms with Crippen molar-refractivity contribution in [3.63, 3.8) is 0 Å². The second-order valence-electron chi connectivity index (χ2n) is 5.33. The Balaban J connectivity index is 2.16. The molecule has 0 atom stereocenters. The minimum absolute atomic E-state index is 0.0936. The van der Waals surface area contributed by atoms with Crippen molar-refractivity contribution < 1.29 is 14.0 Å². The number of nitrogens with zero attached hydrogens (tertiary/aromatic N) is 1.